The molecule has 2 rings (SSSR count). The molecule has 24 heavy (non-hydrogen) atoms. The summed E-state index contributed by atoms with van der Waals surface area (Å²) in [5.41, 5.74) is 0.185. The summed E-state index contributed by atoms with van der Waals surface area (Å²) in [5.74, 6) is 0. The van der Waals surface area contributed by atoms with Crippen molar-refractivity contribution in [3.8, 4) is 0 Å². The van der Waals surface area contributed by atoms with Crippen molar-refractivity contribution in [1.29, 1.82) is 0 Å². The van der Waals surface area contributed by atoms with Crippen molar-refractivity contribution in [1.82, 2.24) is 4.90 Å². The predicted octanol–water partition coefficient (Wildman–Crippen LogP) is 2.66. The van der Waals surface area contributed by atoms with Gasteiger partial charge in [0.2, 0.25) is 0 Å². The van der Waals surface area contributed by atoms with Crippen LogP contribution in [0.5, 0.6) is 0 Å². The Morgan fingerprint density at radius 3 is 2.33 bits per heavy atom. The van der Waals surface area contributed by atoms with Gasteiger partial charge in [0, 0.05) is 0 Å². The monoisotopic (exact) mass is 359 g/mol. The largest absolute Gasteiger partial charge is 0.444 e. The first-order chi connectivity index (χ1) is 11.0. The molecule has 6 nitrogen and oxygen atoms in total. The number of alkyl halides is 1. The molecule has 1 aliphatic heterocycles. The van der Waals surface area contributed by atoms with Gasteiger partial charge in [0.05, 0.1) is 18.0 Å². The number of hydrogen-bond donors (Lipinski definition) is 0. The fourth-order valence-corrected chi connectivity index (χ4v) is 3.31. The summed E-state index contributed by atoms with van der Waals surface area (Å²) in [4.78, 5) is 13.0. The smallest absolute Gasteiger partial charge is 0.410 e. The number of aryl methyl sites for hydroxylation is 1. The Labute approximate surface area is 141 Å². The Hall–Kier alpha value is -1.67. The third kappa shape index (κ3) is 4.67. The molecule has 0 unspecified atom stereocenters. The van der Waals surface area contributed by atoms with E-state index in [9.17, 15) is 17.6 Å². The molecule has 134 valence electrons. The van der Waals surface area contributed by atoms with Gasteiger partial charge in [-0.25, -0.2) is 9.18 Å². The van der Waals surface area contributed by atoms with Crippen LogP contribution in [-0.2, 0) is 19.0 Å². The SMILES string of the molecule is Cc1ccc(S(=O)(=O)O[C@H]2CN(C(=O)OC(C)(C)C)C[C@@H]2F)cc1. The minimum absolute atomic E-state index is 0.0454. The van der Waals surface area contributed by atoms with Crippen LogP contribution in [0, 0.1) is 6.92 Å². The van der Waals surface area contributed by atoms with Gasteiger partial charge in [-0.05, 0) is 39.8 Å². The number of carbonyl (C=O) groups is 1. The molecular weight excluding hydrogens is 337 g/mol. The Kier molecular flexibility index (Phi) is 5.19. The Morgan fingerprint density at radius 1 is 1.21 bits per heavy atom. The maximum atomic E-state index is 14.1. The van der Waals surface area contributed by atoms with E-state index in [-0.39, 0.29) is 18.0 Å². The lowest BCUT2D eigenvalue weighted by Gasteiger charge is -2.24. The number of ether oxygens (including phenoxy) is 1. The lowest BCUT2D eigenvalue weighted by atomic mass is 10.2. The number of benzene rings is 1. The van der Waals surface area contributed by atoms with Crippen LogP contribution >= 0.6 is 0 Å². The summed E-state index contributed by atoms with van der Waals surface area (Å²) in [6.07, 6.45) is -3.54. The van der Waals surface area contributed by atoms with Crippen molar-refractivity contribution in [2.24, 2.45) is 0 Å². The molecule has 1 aliphatic rings. The van der Waals surface area contributed by atoms with E-state index < -0.39 is 34.1 Å². The van der Waals surface area contributed by atoms with Crippen LogP contribution in [0.2, 0.25) is 0 Å². The van der Waals surface area contributed by atoms with Crippen molar-refractivity contribution >= 4 is 16.2 Å². The summed E-state index contributed by atoms with van der Waals surface area (Å²) in [6.45, 7) is 6.48. The van der Waals surface area contributed by atoms with E-state index >= 15 is 0 Å². The van der Waals surface area contributed by atoms with Gasteiger partial charge >= 0.3 is 6.09 Å². The zero-order valence-corrected chi connectivity index (χ0v) is 15.0. The molecule has 1 aromatic rings. The molecule has 0 N–H and O–H groups in total. The summed E-state index contributed by atoms with van der Waals surface area (Å²) in [6, 6.07) is 6.06. The van der Waals surface area contributed by atoms with E-state index in [4.69, 9.17) is 8.92 Å². The molecular formula is C16H22FNO5S. The topological polar surface area (TPSA) is 72.9 Å². The first kappa shape index (κ1) is 18.7. The first-order valence-electron chi connectivity index (χ1n) is 7.60. The second-order valence-electron chi connectivity index (χ2n) is 6.80. The van der Waals surface area contributed by atoms with Gasteiger partial charge in [-0.3, -0.25) is 4.18 Å². The van der Waals surface area contributed by atoms with Crippen LogP contribution in [0.4, 0.5) is 9.18 Å². The van der Waals surface area contributed by atoms with Gasteiger partial charge in [0.25, 0.3) is 10.1 Å². The van der Waals surface area contributed by atoms with E-state index in [1.165, 1.54) is 12.1 Å². The fourth-order valence-electron chi connectivity index (χ4n) is 2.22. The zero-order valence-electron chi connectivity index (χ0n) is 14.2. The normalized spacial score (nSPS) is 21.8. The maximum absolute atomic E-state index is 14.1. The highest BCUT2D eigenvalue weighted by Crippen LogP contribution is 2.24. The molecule has 1 heterocycles. The zero-order chi connectivity index (χ0) is 18.1. The van der Waals surface area contributed by atoms with Crippen molar-refractivity contribution in [3.05, 3.63) is 29.8 Å². The molecule has 8 heteroatoms. The summed E-state index contributed by atoms with van der Waals surface area (Å²) >= 11 is 0. The Bertz CT molecular complexity index is 696. The van der Waals surface area contributed by atoms with Gasteiger partial charge in [0.1, 0.15) is 17.9 Å². The van der Waals surface area contributed by atoms with Gasteiger partial charge in [-0.2, -0.15) is 8.42 Å². The van der Waals surface area contributed by atoms with Crippen molar-refractivity contribution in [2.45, 2.75) is 50.5 Å². The molecule has 0 aliphatic carbocycles. The molecule has 0 aromatic heterocycles. The standard InChI is InChI=1S/C16H22FNO5S/c1-11-5-7-12(8-6-11)24(20,21)23-14-10-18(9-13(14)17)15(19)22-16(2,3)4/h5-8,13-14H,9-10H2,1-4H3/t13-,14-/m0/s1. The molecule has 0 saturated carbocycles. The number of amides is 1. The Morgan fingerprint density at radius 2 is 1.79 bits per heavy atom. The second kappa shape index (κ2) is 6.68. The van der Waals surface area contributed by atoms with E-state index in [0.29, 0.717) is 0 Å². The molecule has 1 fully saturated rings. The molecule has 0 radical (unpaired) electrons. The van der Waals surface area contributed by atoms with Crippen molar-refractivity contribution in [3.63, 3.8) is 0 Å². The van der Waals surface area contributed by atoms with Crippen LogP contribution in [0.3, 0.4) is 0 Å². The quantitative estimate of drug-likeness (QED) is 0.776. The number of halogens is 1. The third-order valence-electron chi connectivity index (χ3n) is 3.41. The number of hydrogen-bond acceptors (Lipinski definition) is 5. The van der Waals surface area contributed by atoms with E-state index in [2.05, 4.69) is 0 Å². The van der Waals surface area contributed by atoms with Gasteiger partial charge in [-0.1, -0.05) is 17.7 Å². The number of nitrogens with zero attached hydrogens (tertiary/aromatic N) is 1. The number of carbonyl (C=O) groups excluding carboxylic acids is 1. The molecule has 2 atom stereocenters. The number of rotatable bonds is 3. The van der Waals surface area contributed by atoms with Gasteiger partial charge < -0.3 is 9.64 Å². The average molecular weight is 359 g/mol. The van der Waals surface area contributed by atoms with Crippen LogP contribution in [0.15, 0.2) is 29.2 Å². The third-order valence-corrected chi connectivity index (χ3v) is 4.76. The maximum Gasteiger partial charge on any atom is 0.410 e. The van der Waals surface area contributed by atoms with E-state index in [1.807, 2.05) is 6.92 Å². The molecule has 1 amide bonds. The van der Waals surface area contributed by atoms with Gasteiger partial charge in [-0.15, -0.1) is 0 Å². The van der Waals surface area contributed by atoms with Crippen LogP contribution < -0.4 is 0 Å². The average Bonchev–Trinajstić information content (AvgIpc) is 2.78. The number of likely N-dealkylation sites (tertiary alicyclic amines) is 1. The highest BCUT2D eigenvalue weighted by Gasteiger charge is 2.40. The van der Waals surface area contributed by atoms with E-state index in [1.54, 1.807) is 32.9 Å². The molecule has 0 spiro atoms. The minimum Gasteiger partial charge on any atom is -0.444 e. The van der Waals surface area contributed by atoms with Crippen LogP contribution in [0.25, 0.3) is 0 Å². The lowest BCUT2D eigenvalue weighted by Crippen LogP contribution is -2.36. The summed E-state index contributed by atoms with van der Waals surface area (Å²) < 4.78 is 48.7. The fraction of sp³-hybridized carbons (Fsp3) is 0.562. The van der Waals surface area contributed by atoms with Crippen molar-refractivity contribution < 1.29 is 26.5 Å². The van der Waals surface area contributed by atoms with Crippen LogP contribution in [0.1, 0.15) is 26.3 Å². The summed E-state index contributed by atoms with van der Waals surface area (Å²) in [7, 11) is -4.10. The predicted molar refractivity (Wildman–Crippen MR) is 85.9 cm³/mol. The molecule has 1 saturated heterocycles. The summed E-state index contributed by atoms with van der Waals surface area (Å²) in [5, 5.41) is 0. The molecule has 0 bridgehead atoms. The minimum atomic E-state index is -4.10. The van der Waals surface area contributed by atoms with E-state index in [0.717, 1.165) is 10.5 Å². The Balaban J connectivity index is 2.05. The first-order valence-corrected chi connectivity index (χ1v) is 9.01. The lowest BCUT2D eigenvalue weighted by molar-refractivity contribution is 0.0274. The molecule has 1 aromatic carbocycles. The highest BCUT2D eigenvalue weighted by atomic mass is 32.2. The van der Waals surface area contributed by atoms with Crippen molar-refractivity contribution in [2.75, 3.05) is 13.1 Å². The van der Waals surface area contributed by atoms with Crippen LogP contribution in [-0.4, -0.2) is 50.4 Å². The second-order valence-corrected chi connectivity index (χ2v) is 8.38. The highest BCUT2D eigenvalue weighted by molar-refractivity contribution is 7.86. The van der Waals surface area contributed by atoms with Gasteiger partial charge in [0.15, 0.2) is 0 Å².